The van der Waals surface area contributed by atoms with E-state index in [1.54, 1.807) is 19.1 Å². The predicted molar refractivity (Wildman–Crippen MR) is 73.1 cm³/mol. The number of hydrogen-bond donors (Lipinski definition) is 1. The van der Waals surface area contributed by atoms with Crippen LogP contribution in [0.25, 0.3) is 0 Å². The minimum absolute atomic E-state index is 0.215. The van der Waals surface area contributed by atoms with Crippen molar-refractivity contribution < 1.29 is 13.9 Å². The van der Waals surface area contributed by atoms with Crippen LogP contribution in [0.3, 0.4) is 0 Å². The van der Waals surface area contributed by atoms with Crippen molar-refractivity contribution in [2.24, 2.45) is 11.1 Å². The fourth-order valence-corrected chi connectivity index (χ4v) is 2.26. The molecule has 0 aliphatic heterocycles. The fourth-order valence-electron chi connectivity index (χ4n) is 2.26. The Morgan fingerprint density at radius 1 is 1.32 bits per heavy atom. The molecule has 3 nitrogen and oxygen atoms in total. The summed E-state index contributed by atoms with van der Waals surface area (Å²) in [5, 5.41) is 0. The molecular formula is C15H22FNO2. The second kappa shape index (κ2) is 7.24. The summed E-state index contributed by atoms with van der Waals surface area (Å²) in [5.41, 5.74) is 5.95. The van der Waals surface area contributed by atoms with Gasteiger partial charge in [-0.1, -0.05) is 19.1 Å². The highest BCUT2D eigenvalue weighted by Gasteiger charge is 2.37. The average molecular weight is 267 g/mol. The average Bonchev–Trinajstić information content (AvgIpc) is 2.41. The SMILES string of the molecule is CCOC(=O)C(CC)(CCN)Cc1ccc(F)cc1. The van der Waals surface area contributed by atoms with Crippen LogP contribution in [0, 0.1) is 11.2 Å². The Bertz CT molecular complexity index is 405. The van der Waals surface area contributed by atoms with Crippen molar-refractivity contribution in [3.8, 4) is 0 Å². The molecule has 1 aromatic carbocycles. The Labute approximate surface area is 113 Å². The zero-order valence-corrected chi connectivity index (χ0v) is 11.6. The van der Waals surface area contributed by atoms with Gasteiger partial charge < -0.3 is 10.5 Å². The topological polar surface area (TPSA) is 52.3 Å². The van der Waals surface area contributed by atoms with Crippen molar-refractivity contribution in [2.75, 3.05) is 13.2 Å². The van der Waals surface area contributed by atoms with Crippen molar-refractivity contribution in [3.63, 3.8) is 0 Å². The quantitative estimate of drug-likeness (QED) is 0.773. The van der Waals surface area contributed by atoms with Gasteiger partial charge >= 0.3 is 5.97 Å². The molecule has 0 saturated carbocycles. The number of nitrogens with two attached hydrogens (primary N) is 1. The molecule has 0 bridgehead atoms. The van der Waals surface area contributed by atoms with Gasteiger partial charge in [-0.2, -0.15) is 0 Å². The molecule has 1 rings (SSSR count). The van der Waals surface area contributed by atoms with E-state index in [2.05, 4.69) is 0 Å². The molecule has 0 saturated heterocycles. The lowest BCUT2D eigenvalue weighted by Crippen LogP contribution is -2.36. The van der Waals surface area contributed by atoms with Gasteiger partial charge in [0.25, 0.3) is 0 Å². The normalized spacial score (nSPS) is 13.9. The van der Waals surface area contributed by atoms with Crippen molar-refractivity contribution in [1.82, 2.24) is 0 Å². The van der Waals surface area contributed by atoms with Crippen LogP contribution in [0.1, 0.15) is 32.3 Å². The van der Waals surface area contributed by atoms with Gasteiger partial charge in [0, 0.05) is 0 Å². The fraction of sp³-hybridized carbons (Fsp3) is 0.533. The lowest BCUT2D eigenvalue weighted by atomic mass is 9.76. The van der Waals surface area contributed by atoms with Crippen LogP contribution in [-0.4, -0.2) is 19.1 Å². The molecule has 0 amide bonds. The van der Waals surface area contributed by atoms with Gasteiger partial charge in [-0.3, -0.25) is 4.79 Å². The molecule has 106 valence electrons. The number of carbonyl (C=O) groups excluding carboxylic acids is 1. The molecule has 0 spiro atoms. The first-order valence-electron chi connectivity index (χ1n) is 6.69. The summed E-state index contributed by atoms with van der Waals surface area (Å²) in [7, 11) is 0. The molecular weight excluding hydrogens is 245 g/mol. The van der Waals surface area contributed by atoms with Crippen molar-refractivity contribution >= 4 is 5.97 Å². The molecule has 0 aromatic heterocycles. The Hall–Kier alpha value is -1.42. The van der Waals surface area contributed by atoms with Crippen LogP contribution in [0.4, 0.5) is 4.39 Å². The summed E-state index contributed by atoms with van der Waals surface area (Å²) in [6.45, 7) is 4.52. The van der Waals surface area contributed by atoms with E-state index in [-0.39, 0.29) is 11.8 Å². The van der Waals surface area contributed by atoms with E-state index in [0.717, 1.165) is 5.56 Å². The third-order valence-corrected chi connectivity index (χ3v) is 3.46. The highest BCUT2D eigenvalue weighted by atomic mass is 19.1. The largest absolute Gasteiger partial charge is 0.466 e. The highest BCUT2D eigenvalue weighted by Crippen LogP contribution is 2.32. The molecule has 0 fully saturated rings. The molecule has 0 radical (unpaired) electrons. The number of rotatable bonds is 7. The summed E-state index contributed by atoms with van der Waals surface area (Å²) < 4.78 is 18.1. The van der Waals surface area contributed by atoms with Gasteiger partial charge in [0.05, 0.1) is 12.0 Å². The van der Waals surface area contributed by atoms with Gasteiger partial charge in [-0.15, -0.1) is 0 Å². The molecule has 0 aliphatic carbocycles. The Morgan fingerprint density at radius 2 is 1.95 bits per heavy atom. The van der Waals surface area contributed by atoms with E-state index in [1.165, 1.54) is 12.1 Å². The summed E-state index contributed by atoms with van der Waals surface area (Å²) in [4.78, 5) is 12.2. The van der Waals surface area contributed by atoms with Crippen molar-refractivity contribution in [2.45, 2.75) is 33.1 Å². The Balaban J connectivity index is 2.95. The van der Waals surface area contributed by atoms with Gasteiger partial charge in [-0.05, 0) is 50.4 Å². The number of carbonyl (C=O) groups is 1. The maximum atomic E-state index is 12.9. The third-order valence-electron chi connectivity index (χ3n) is 3.46. The maximum Gasteiger partial charge on any atom is 0.312 e. The summed E-state index contributed by atoms with van der Waals surface area (Å²) in [6.07, 6.45) is 1.75. The molecule has 4 heteroatoms. The van der Waals surface area contributed by atoms with E-state index in [4.69, 9.17) is 10.5 Å². The van der Waals surface area contributed by atoms with Gasteiger partial charge in [-0.25, -0.2) is 4.39 Å². The van der Waals surface area contributed by atoms with Gasteiger partial charge in [0.2, 0.25) is 0 Å². The van der Waals surface area contributed by atoms with Crippen molar-refractivity contribution in [3.05, 3.63) is 35.6 Å². The molecule has 19 heavy (non-hydrogen) atoms. The lowest BCUT2D eigenvalue weighted by molar-refractivity contribution is -0.156. The summed E-state index contributed by atoms with van der Waals surface area (Å²) >= 11 is 0. The minimum atomic E-state index is -0.609. The monoisotopic (exact) mass is 267 g/mol. The number of halogens is 1. The summed E-state index contributed by atoms with van der Waals surface area (Å²) in [6, 6.07) is 6.22. The molecule has 2 N–H and O–H groups in total. The second-order valence-corrected chi connectivity index (χ2v) is 4.70. The van der Waals surface area contributed by atoms with Crippen LogP contribution < -0.4 is 5.73 Å². The number of esters is 1. The molecule has 1 atom stereocenters. The predicted octanol–water partition coefficient (Wildman–Crippen LogP) is 2.68. The highest BCUT2D eigenvalue weighted by molar-refractivity contribution is 5.77. The number of hydrogen-bond acceptors (Lipinski definition) is 3. The van der Waals surface area contributed by atoms with Gasteiger partial charge in [0.1, 0.15) is 5.82 Å². The summed E-state index contributed by atoms with van der Waals surface area (Å²) in [5.74, 6) is -0.493. The zero-order chi connectivity index (χ0) is 14.3. The molecule has 0 heterocycles. The third kappa shape index (κ3) is 4.03. The standard InChI is InChI=1S/C15H22FNO2/c1-3-15(9-10-17,14(18)19-4-2)11-12-5-7-13(16)8-6-12/h5-8H,3-4,9-11,17H2,1-2H3. The van der Waals surface area contributed by atoms with Crippen LogP contribution in [0.5, 0.6) is 0 Å². The number of ether oxygens (including phenoxy) is 1. The Kier molecular flexibility index (Phi) is 5.96. The number of benzene rings is 1. The molecule has 1 aromatic rings. The minimum Gasteiger partial charge on any atom is -0.466 e. The van der Waals surface area contributed by atoms with Crippen LogP contribution in [0.2, 0.25) is 0 Å². The van der Waals surface area contributed by atoms with Crippen LogP contribution >= 0.6 is 0 Å². The van der Waals surface area contributed by atoms with E-state index in [1.807, 2.05) is 6.92 Å². The second-order valence-electron chi connectivity index (χ2n) is 4.70. The van der Waals surface area contributed by atoms with Crippen molar-refractivity contribution in [1.29, 1.82) is 0 Å². The molecule has 0 aliphatic rings. The molecule has 1 unspecified atom stereocenters. The Morgan fingerprint density at radius 3 is 2.42 bits per heavy atom. The first kappa shape index (κ1) is 15.6. The van der Waals surface area contributed by atoms with E-state index < -0.39 is 5.41 Å². The van der Waals surface area contributed by atoms with E-state index in [9.17, 15) is 9.18 Å². The van der Waals surface area contributed by atoms with Crippen LogP contribution in [0.15, 0.2) is 24.3 Å². The van der Waals surface area contributed by atoms with Gasteiger partial charge in [0.15, 0.2) is 0 Å². The smallest absolute Gasteiger partial charge is 0.312 e. The zero-order valence-electron chi connectivity index (χ0n) is 11.6. The maximum absolute atomic E-state index is 12.9. The van der Waals surface area contributed by atoms with E-state index >= 15 is 0 Å². The van der Waals surface area contributed by atoms with E-state index in [0.29, 0.717) is 32.4 Å². The first-order chi connectivity index (χ1) is 9.07. The lowest BCUT2D eigenvalue weighted by Gasteiger charge is -2.30. The first-order valence-corrected chi connectivity index (χ1v) is 6.69. The van der Waals surface area contributed by atoms with Crippen LogP contribution in [-0.2, 0) is 16.0 Å².